The fourth-order valence-electron chi connectivity index (χ4n) is 6.86. The summed E-state index contributed by atoms with van der Waals surface area (Å²) < 4.78 is 41.3. The zero-order chi connectivity index (χ0) is 55.7. The molecule has 408 valence electrons. The molecule has 2 amide bonds. The quantitative estimate of drug-likeness (QED) is 0.0160. The molecule has 0 aliphatic carbocycles. The number of Topliss-reactive ketones (excluding diaryl/α,β-unsaturated/α-hetero) is 1. The number of methoxy groups -OCH3 is 5. The topological polar surface area (TPSA) is 188 Å². The summed E-state index contributed by atoms with van der Waals surface area (Å²) >= 11 is 5.95. The molecular formula is C57H80ClN3O13. The average Bonchev–Trinajstić information content (AvgIpc) is 3.99. The number of rotatable bonds is 25. The maximum Gasteiger partial charge on any atom is 0.306 e. The van der Waals surface area contributed by atoms with Gasteiger partial charge in [0, 0.05) is 75.1 Å². The van der Waals surface area contributed by atoms with Gasteiger partial charge in [0.2, 0.25) is 18.6 Å². The van der Waals surface area contributed by atoms with Crippen LogP contribution in [0.15, 0.2) is 78.9 Å². The van der Waals surface area contributed by atoms with Gasteiger partial charge in [-0.15, -0.1) is 12.8 Å². The lowest BCUT2D eigenvalue weighted by Gasteiger charge is -2.13. The minimum Gasteiger partial charge on any atom is -0.497 e. The average molecular weight is 1050 g/mol. The smallest absolute Gasteiger partial charge is 0.306 e. The van der Waals surface area contributed by atoms with Crippen molar-refractivity contribution in [2.75, 3.05) is 82.4 Å². The van der Waals surface area contributed by atoms with Crippen LogP contribution in [0, 0.1) is 25.7 Å². The first-order valence-electron chi connectivity index (χ1n) is 24.3. The number of allylic oxidation sites excluding steroid dienone is 2. The molecule has 0 radical (unpaired) electrons. The molecule has 4 aromatic rings. The van der Waals surface area contributed by atoms with Crippen molar-refractivity contribution in [2.24, 2.45) is 5.92 Å². The molecule has 1 aromatic heterocycles. The van der Waals surface area contributed by atoms with Gasteiger partial charge in [0.15, 0.2) is 17.3 Å². The molecule has 0 spiro atoms. The van der Waals surface area contributed by atoms with Crippen LogP contribution >= 0.6 is 11.6 Å². The Morgan fingerprint density at radius 3 is 1.93 bits per heavy atom. The van der Waals surface area contributed by atoms with E-state index in [1.165, 1.54) is 18.2 Å². The molecule has 2 heterocycles. The molecule has 1 aliphatic heterocycles. The van der Waals surface area contributed by atoms with Gasteiger partial charge in [0.1, 0.15) is 5.75 Å². The predicted octanol–water partition coefficient (Wildman–Crippen LogP) is 9.26. The monoisotopic (exact) mass is 1050 g/mol. The van der Waals surface area contributed by atoms with Gasteiger partial charge in [-0.05, 0) is 110 Å². The Hall–Kier alpha value is -6.64. The molecular weight excluding hydrogens is 970 g/mol. The van der Waals surface area contributed by atoms with Crippen molar-refractivity contribution in [3.8, 4) is 30.1 Å². The maximum atomic E-state index is 13.0. The van der Waals surface area contributed by atoms with Crippen molar-refractivity contribution in [3.05, 3.63) is 112 Å². The molecule has 1 atom stereocenters. The van der Waals surface area contributed by atoms with Gasteiger partial charge in [-0.1, -0.05) is 63.6 Å². The highest BCUT2D eigenvalue weighted by molar-refractivity contribution is 6.30. The molecule has 5 rings (SSSR count). The number of ether oxygens (including phenoxy) is 8. The molecule has 74 heavy (non-hydrogen) atoms. The summed E-state index contributed by atoms with van der Waals surface area (Å²) in [6.45, 7) is 13.4. The van der Waals surface area contributed by atoms with E-state index < -0.39 is 5.97 Å². The van der Waals surface area contributed by atoms with Gasteiger partial charge < -0.3 is 53.1 Å². The van der Waals surface area contributed by atoms with E-state index in [2.05, 4.69) is 71.1 Å². The summed E-state index contributed by atoms with van der Waals surface area (Å²) in [6.07, 6.45) is 20.1. The number of benzene rings is 3. The minimum atomic E-state index is -0.454. The summed E-state index contributed by atoms with van der Waals surface area (Å²) in [5.41, 5.74) is 5.56. The van der Waals surface area contributed by atoms with Crippen molar-refractivity contribution in [1.29, 1.82) is 0 Å². The third-order valence-electron chi connectivity index (χ3n) is 10.6. The van der Waals surface area contributed by atoms with E-state index in [4.69, 9.17) is 40.0 Å². The van der Waals surface area contributed by atoms with Crippen LogP contribution in [0.2, 0.25) is 5.02 Å². The van der Waals surface area contributed by atoms with Gasteiger partial charge >= 0.3 is 5.97 Å². The van der Waals surface area contributed by atoms with Gasteiger partial charge in [-0.2, -0.15) is 0 Å². The SMILES string of the molecule is C#C.CC.CCc1cc2c(cc1CCC(C)COC=O)OCO2.COC.COC(=O)CCC(=O)NCCNC(=O)Cc1c(C)n(CC(=O)c2ccc(Cl)cc2)c2ccc(OC)cc12.COC/C=C\C/C=C\COC. The highest BCUT2D eigenvalue weighted by atomic mass is 35.5. The molecule has 2 N–H and O–H groups in total. The lowest BCUT2D eigenvalue weighted by molar-refractivity contribution is -0.142. The lowest BCUT2D eigenvalue weighted by atomic mass is 9.96. The van der Waals surface area contributed by atoms with E-state index in [9.17, 15) is 24.0 Å². The van der Waals surface area contributed by atoms with E-state index in [1.54, 1.807) is 59.8 Å². The first-order valence-corrected chi connectivity index (χ1v) is 24.7. The summed E-state index contributed by atoms with van der Waals surface area (Å²) in [5, 5.41) is 6.84. The Balaban J connectivity index is 0.00000119. The van der Waals surface area contributed by atoms with Crippen molar-refractivity contribution < 1.29 is 61.9 Å². The second-order valence-corrected chi connectivity index (χ2v) is 16.3. The molecule has 16 nitrogen and oxygen atoms in total. The number of nitrogens with one attached hydrogen (secondary N) is 2. The molecule has 0 saturated heterocycles. The molecule has 1 aliphatic rings. The molecule has 0 fully saturated rings. The number of amides is 2. The highest BCUT2D eigenvalue weighted by Gasteiger charge is 2.20. The van der Waals surface area contributed by atoms with Crippen LogP contribution in [0.5, 0.6) is 17.2 Å². The summed E-state index contributed by atoms with van der Waals surface area (Å²) in [6, 6.07) is 16.4. The highest BCUT2D eigenvalue weighted by Crippen LogP contribution is 2.36. The minimum absolute atomic E-state index is 0.00200. The maximum absolute atomic E-state index is 13.0. The number of aromatic nitrogens is 1. The Morgan fingerprint density at radius 2 is 1.39 bits per heavy atom. The number of esters is 1. The van der Waals surface area contributed by atoms with Gasteiger partial charge in [-0.25, -0.2) is 0 Å². The summed E-state index contributed by atoms with van der Waals surface area (Å²) in [4.78, 5) is 58.8. The number of carbonyl (C=O) groups is 5. The Kier molecular flexibility index (Phi) is 38.0. The molecule has 17 heteroatoms. The second kappa shape index (κ2) is 41.8. The van der Waals surface area contributed by atoms with E-state index in [1.807, 2.05) is 55.7 Å². The fraction of sp³-hybridized carbons (Fsp3) is 0.456. The fourth-order valence-corrected chi connectivity index (χ4v) is 6.99. The van der Waals surface area contributed by atoms with Crippen molar-refractivity contribution in [3.63, 3.8) is 0 Å². The largest absolute Gasteiger partial charge is 0.497 e. The van der Waals surface area contributed by atoms with E-state index in [-0.39, 0.29) is 56.5 Å². The standard InChI is InChI=1S/C27H30ClN3O6.C15H20O4.C9H16O2.C2H6O.C2H6.C2H2/c1-17-21(15-26(34)30-13-12-29-25(33)10-11-27(35)37-3)22-14-20(36-2)8-9-23(22)31(17)16-24(32)18-4-6-19(28)7-5-18;1-3-12-6-14-15(19-10-18-14)7-13(12)5-4-11(2)8-17-9-16;1-10-8-6-4-3-5-7-9-11-2;1-3-2;2*1-2/h4-9,14H,10-13,15-16H2,1-3H3,(H,29,33)(H,30,34);6-7,9,11H,3-5,8,10H2,1-2H3;4-7H,3,8-9H2,1-2H3;1-2H3;1-2H3;1-2H/b;;6-4-,7-5-;;;. The van der Waals surface area contributed by atoms with Crippen LogP contribution < -0.4 is 24.8 Å². The first kappa shape index (κ1) is 67.4. The third-order valence-corrected chi connectivity index (χ3v) is 10.8. The normalized spacial score (nSPS) is 11.1. The molecule has 0 saturated carbocycles. The van der Waals surface area contributed by atoms with E-state index in [0.717, 1.165) is 59.3 Å². The van der Waals surface area contributed by atoms with Gasteiger partial charge in [0.25, 0.3) is 6.47 Å². The molecule has 0 bridgehead atoms. The lowest BCUT2D eigenvalue weighted by Crippen LogP contribution is -2.35. The van der Waals surface area contributed by atoms with Crippen molar-refractivity contribution >= 4 is 52.5 Å². The van der Waals surface area contributed by atoms with Gasteiger partial charge in [0.05, 0.1) is 53.4 Å². The van der Waals surface area contributed by atoms with Crippen molar-refractivity contribution in [1.82, 2.24) is 15.2 Å². The zero-order valence-corrected chi connectivity index (χ0v) is 46.1. The number of halogens is 1. The Labute approximate surface area is 444 Å². The van der Waals surface area contributed by atoms with Crippen LogP contribution in [-0.2, 0) is 68.7 Å². The number of fused-ring (bicyclic) bond motifs is 2. The van der Waals surface area contributed by atoms with Crippen molar-refractivity contribution in [2.45, 2.75) is 86.1 Å². The Bertz CT molecular complexity index is 2310. The van der Waals surface area contributed by atoms with Crippen LogP contribution in [-0.4, -0.2) is 117 Å². The number of ketones is 1. The van der Waals surface area contributed by atoms with Crippen LogP contribution in [0.1, 0.15) is 86.1 Å². The summed E-state index contributed by atoms with van der Waals surface area (Å²) in [5.74, 6) is 1.64. The number of hydrogen-bond donors (Lipinski definition) is 2. The second-order valence-electron chi connectivity index (χ2n) is 15.8. The number of nitrogens with zero attached hydrogens (tertiary/aromatic N) is 1. The molecule has 1 unspecified atom stereocenters. The summed E-state index contributed by atoms with van der Waals surface area (Å²) in [7, 11) is 9.46. The number of aryl methyl sites for hydroxylation is 2. The zero-order valence-electron chi connectivity index (χ0n) is 45.3. The van der Waals surface area contributed by atoms with E-state index in [0.29, 0.717) is 55.3 Å². The number of carbonyl (C=O) groups excluding carboxylic acids is 5. The number of hydrogen-bond acceptors (Lipinski definition) is 13. The van der Waals surface area contributed by atoms with Gasteiger partial charge in [-0.3, -0.25) is 24.0 Å². The number of terminal acetylenes is 1. The van der Waals surface area contributed by atoms with E-state index >= 15 is 0 Å². The predicted molar refractivity (Wildman–Crippen MR) is 292 cm³/mol. The molecule has 3 aromatic carbocycles. The van der Waals surface area contributed by atoms with Crippen LogP contribution in [0.25, 0.3) is 10.9 Å². The third kappa shape index (κ3) is 26.4. The first-order chi connectivity index (χ1) is 35.8. The van der Waals surface area contributed by atoms with Crippen LogP contribution in [0.3, 0.4) is 0 Å². The van der Waals surface area contributed by atoms with Crippen LogP contribution in [0.4, 0.5) is 0 Å². The Morgan fingerprint density at radius 1 is 0.811 bits per heavy atom.